The molecular weight excluding hydrogens is 248 g/mol. The van der Waals surface area contributed by atoms with Crippen LogP contribution in [0.3, 0.4) is 0 Å². The Hall–Kier alpha value is -2.63. The van der Waals surface area contributed by atoms with Gasteiger partial charge in [-0.25, -0.2) is 9.59 Å². The fourth-order valence-electron chi connectivity index (χ4n) is 1.35. The van der Waals surface area contributed by atoms with Gasteiger partial charge < -0.3 is 10.4 Å². The highest BCUT2D eigenvalue weighted by atomic mass is 16.4. The van der Waals surface area contributed by atoms with Crippen LogP contribution in [0.5, 0.6) is 0 Å². The maximum atomic E-state index is 11.3. The number of carbonyl (C=O) groups is 3. The second-order valence-electron chi connectivity index (χ2n) is 3.83. The number of amides is 3. The minimum atomic E-state index is -1.25. The van der Waals surface area contributed by atoms with Gasteiger partial charge in [-0.1, -0.05) is 29.8 Å². The Bertz CT molecular complexity index is 523. The van der Waals surface area contributed by atoms with Crippen molar-refractivity contribution in [1.82, 2.24) is 10.6 Å². The van der Waals surface area contributed by atoms with Crippen LogP contribution in [0.2, 0.25) is 0 Å². The first-order valence-corrected chi connectivity index (χ1v) is 5.53. The van der Waals surface area contributed by atoms with Gasteiger partial charge in [0.1, 0.15) is 0 Å². The van der Waals surface area contributed by atoms with Crippen molar-refractivity contribution in [2.24, 2.45) is 0 Å². The van der Waals surface area contributed by atoms with Crippen molar-refractivity contribution in [2.75, 3.05) is 0 Å². The summed E-state index contributed by atoms with van der Waals surface area (Å²) >= 11 is 0. The zero-order valence-electron chi connectivity index (χ0n) is 10.3. The summed E-state index contributed by atoms with van der Waals surface area (Å²) in [7, 11) is 0. The van der Waals surface area contributed by atoms with Crippen LogP contribution in [-0.2, 0) is 16.1 Å². The van der Waals surface area contributed by atoms with Gasteiger partial charge in [0, 0.05) is 18.7 Å². The number of imide groups is 1. The van der Waals surface area contributed by atoms with Crippen LogP contribution < -0.4 is 10.6 Å². The number of hydrogen-bond acceptors (Lipinski definition) is 3. The smallest absolute Gasteiger partial charge is 0.328 e. The monoisotopic (exact) mass is 262 g/mol. The van der Waals surface area contributed by atoms with E-state index in [1.54, 1.807) is 0 Å². The van der Waals surface area contributed by atoms with Gasteiger partial charge in [0.25, 0.3) is 5.91 Å². The predicted molar refractivity (Wildman–Crippen MR) is 68.3 cm³/mol. The van der Waals surface area contributed by atoms with Crippen molar-refractivity contribution in [3.05, 3.63) is 47.5 Å². The zero-order chi connectivity index (χ0) is 14.3. The molecule has 6 heteroatoms. The molecule has 0 aliphatic heterocycles. The van der Waals surface area contributed by atoms with Crippen LogP contribution in [0.1, 0.15) is 11.1 Å². The first kappa shape index (κ1) is 14.4. The summed E-state index contributed by atoms with van der Waals surface area (Å²) in [6, 6.07) is 6.88. The molecule has 0 atom stereocenters. The second kappa shape index (κ2) is 6.95. The number of carbonyl (C=O) groups excluding carboxylic acids is 2. The largest absolute Gasteiger partial charge is 0.478 e. The molecule has 3 N–H and O–H groups in total. The third-order valence-corrected chi connectivity index (χ3v) is 2.15. The molecule has 19 heavy (non-hydrogen) atoms. The Morgan fingerprint density at radius 1 is 1.26 bits per heavy atom. The average molecular weight is 262 g/mol. The molecule has 0 heterocycles. The van der Waals surface area contributed by atoms with E-state index in [1.807, 2.05) is 36.5 Å². The standard InChI is InChI=1S/C13H14N2O4/c1-9-3-2-4-10(7-9)8-14-13(19)15-11(16)5-6-12(17)18/h2-7H,8H2,1H3,(H,17,18)(H2,14,15,16,19). The highest BCUT2D eigenvalue weighted by molar-refractivity contribution is 6.02. The van der Waals surface area contributed by atoms with E-state index in [4.69, 9.17) is 5.11 Å². The van der Waals surface area contributed by atoms with Crippen LogP contribution in [0.25, 0.3) is 0 Å². The van der Waals surface area contributed by atoms with Crippen molar-refractivity contribution in [1.29, 1.82) is 0 Å². The molecule has 100 valence electrons. The highest BCUT2D eigenvalue weighted by Gasteiger charge is 2.04. The van der Waals surface area contributed by atoms with E-state index < -0.39 is 17.9 Å². The van der Waals surface area contributed by atoms with Gasteiger partial charge in [0.15, 0.2) is 0 Å². The maximum absolute atomic E-state index is 11.3. The summed E-state index contributed by atoms with van der Waals surface area (Å²) in [4.78, 5) is 32.6. The lowest BCUT2D eigenvalue weighted by molar-refractivity contribution is -0.131. The van der Waals surface area contributed by atoms with E-state index in [9.17, 15) is 14.4 Å². The van der Waals surface area contributed by atoms with Crippen molar-refractivity contribution in [2.45, 2.75) is 13.5 Å². The molecule has 0 aliphatic carbocycles. The van der Waals surface area contributed by atoms with Gasteiger partial charge in [-0.3, -0.25) is 10.1 Å². The van der Waals surface area contributed by atoms with Crippen LogP contribution >= 0.6 is 0 Å². The fourth-order valence-corrected chi connectivity index (χ4v) is 1.35. The number of rotatable bonds is 4. The topological polar surface area (TPSA) is 95.5 Å². The Morgan fingerprint density at radius 3 is 2.63 bits per heavy atom. The summed E-state index contributed by atoms with van der Waals surface area (Å²) in [6.07, 6.45) is 1.43. The van der Waals surface area contributed by atoms with Gasteiger partial charge >= 0.3 is 12.0 Å². The van der Waals surface area contributed by atoms with Gasteiger partial charge in [-0.2, -0.15) is 0 Å². The summed E-state index contributed by atoms with van der Waals surface area (Å²) in [6.45, 7) is 2.22. The quantitative estimate of drug-likeness (QED) is 0.704. The minimum absolute atomic E-state index is 0.281. The van der Waals surface area contributed by atoms with E-state index in [1.165, 1.54) is 0 Å². The molecule has 0 unspecified atom stereocenters. The third-order valence-electron chi connectivity index (χ3n) is 2.15. The second-order valence-corrected chi connectivity index (χ2v) is 3.83. The average Bonchev–Trinajstić information content (AvgIpc) is 2.34. The van der Waals surface area contributed by atoms with Gasteiger partial charge in [-0.15, -0.1) is 0 Å². The number of aliphatic carboxylic acids is 1. The fraction of sp³-hybridized carbons (Fsp3) is 0.154. The lowest BCUT2D eigenvalue weighted by Crippen LogP contribution is -2.38. The number of benzene rings is 1. The summed E-state index contributed by atoms with van der Waals surface area (Å²) in [5.41, 5.74) is 1.98. The van der Waals surface area contributed by atoms with E-state index in [0.717, 1.165) is 17.2 Å². The predicted octanol–water partition coefficient (Wildman–Crippen LogP) is 0.962. The lowest BCUT2D eigenvalue weighted by atomic mass is 10.1. The maximum Gasteiger partial charge on any atom is 0.328 e. The molecule has 0 aromatic heterocycles. The molecule has 0 fully saturated rings. The van der Waals surface area contributed by atoms with Crippen LogP contribution in [0.4, 0.5) is 4.79 Å². The molecular formula is C13H14N2O4. The summed E-state index contributed by atoms with van der Waals surface area (Å²) in [5, 5.41) is 12.8. The van der Waals surface area contributed by atoms with Crippen molar-refractivity contribution < 1.29 is 19.5 Å². The van der Waals surface area contributed by atoms with E-state index >= 15 is 0 Å². The number of nitrogens with one attached hydrogen (secondary N) is 2. The highest BCUT2D eigenvalue weighted by Crippen LogP contribution is 2.02. The number of hydrogen-bond donors (Lipinski definition) is 3. The number of carboxylic acid groups (broad SMARTS) is 1. The van der Waals surface area contributed by atoms with Gasteiger partial charge in [-0.05, 0) is 12.5 Å². The molecule has 0 radical (unpaired) electrons. The van der Waals surface area contributed by atoms with E-state index in [-0.39, 0.29) is 6.54 Å². The molecule has 1 aromatic carbocycles. The first-order valence-electron chi connectivity index (χ1n) is 5.53. The number of aryl methyl sites for hydroxylation is 1. The molecule has 1 rings (SSSR count). The van der Waals surface area contributed by atoms with E-state index in [2.05, 4.69) is 5.32 Å². The number of carboxylic acids is 1. The number of urea groups is 1. The molecule has 0 spiro atoms. The molecule has 6 nitrogen and oxygen atoms in total. The molecule has 3 amide bonds. The Labute approximate surface area is 110 Å². The Morgan fingerprint density at radius 2 is 2.00 bits per heavy atom. The van der Waals surface area contributed by atoms with Crippen LogP contribution in [0, 0.1) is 6.92 Å². The summed E-state index contributed by atoms with van der Waals surface area (Å²) < 4.78 is 0. The molecule has 0 aliphatic rings. The van der Waals surface area contributed by atoms with Crippen molar-refractivity contribution >= 4 is 17.9 Å². The Kier molecular flexibility index (Phi) is 5.28. The molecule has 0 bridgehead atoms. The minimum Gasteiger partial charge on any atom is -0.478 e. The molecule has 1 aromatic rings. The molecule has 0 saturated carbocycles. The normalized spacial score (nSPS) is 10.2. The van der Waals surface area contributed by atoms with Crippen molar-refractivity contribution in [3.8, 4) is 0 Å². The Balaban J connectivity index is 2.40. The van der Waals surface area contributed by atoms with Crippen LogP contribution in [0.15, 0.2) is 36.4 Å². The van der Waals surface area contributed by atoms with Crippen molar-refractivity contribution in [3.63, 3.8) is 0 Å². The third kappa shape index (κ3) is 6.02. The SMILES string of the molecule is Cc1cccc(CNC(=O)NC(=O)C=CC(=O)O)c1. The lowest BCUT2D eigenvalue weighted by Gasteiger charge is -2.05. The van der Waals surface area contributed by atoms with Gasteiger partial charge in [0.05, 0.1) is 0 Å². The summed E-state index contributed by atoms with van der Waals surface area (Å²) in [5.74, 6) is -2.04. The van der Waals surface area contributed by atoms with E-state index in [0.29, 0.717) is 6.08 Å². The first-order chi connectivity index (χ1) is 8.97. The van der Waals surface area contributed by atoms with Crippen LogP contribution in [-0.4, -0.2) is 23.0 Å². The van der Waals surface area contributed by atoms with Gasteiger partial charge in [0.2, 0.25) is 0 Å². The zero-order valence-corrected chi connectivity index (χ0v) is 10.3. The molecule has 0 saturated heterocycles.